The van der Waals surface area contributed by atoms with Gasteiger partial charge in [0.05, 0.1) is 4.90 Å². The van der Waals surface area contributed by atoms with Crippen LogP contribution in [0.3, 0.4) is 0 Å². The third-order valence-electron chi connectivity index (χ3n) is 3.20. The summed E-state index contributed by atoms with van der Waals surface area (Å²) in [5, 5.41) is 3.36. The molecule has 0 aromatic heterocycles. The maximum absolute atomic E-state index is 12.0. The molecule has 2 N–H and O–H groups in total. The maximum atomic E-state index is 12.0. The zero-order chi connectivity index (χ0) is 13.9. The van der Waals surface area contributed by atoms with Crippen LogP contribution in [0.25, 0.3) is 0 Å². The second kappa shape index (κ2) is 5.92. The third kappa shape index (κ3) is 4.21. The van der Waals surface area contributed by atoms with E-state index in [1.54, 1.807) is 12.1 Å². The number of nitrogens with one attached hydrogen (secondary N) is 2. The Morgan fingerprint density at radius 3 is 2.42 bits per heavy atom. The summed E-state index contributed by atoms with van der Waals surface area (Å²) in [6.45, 7) is 4.28. The van der Waals surface area contributed by atoms with Crippen LogP contribution in [-0.2, 0) is 10.0 Å². The Bertz CT molecular complexity index is 507. The molecule has 19 heavy (non-hydrogen) atoms. The standard InChI is InChI=1S/C14H22N2O2S/c1-3-4-11(2)15-12-7-9-14(10-8-12)19(17,18)16-13-5-6-13/h7-11,13,15-16H,3-6H2,1-2H3. The van der Waals surface area contributed by atoms with Crippen molar-refractivity contribution in [3.8, 4) is 0 Å². The molecule has 4 nitrogen and oxygen atoms in total. The van der Waals surface area contributed by atoms with Crippen LogP contribution in [0.5, 0.6) is 0 Å². The van der Waals surface area contributed by atoms with E-state index in [0.717, 1.165) is 31.4 Å². The first-order chi connectivity index (χ1) is 9.01. The minimum absolute atomic E-state index is 0.146. The highest BCUT2D eigenvalue weighted by molar-refractivity contribution is 7.89. The topological polar surface area (TPSA) is 58.2 Å². The van der Waals surface area contributed by atoms with Crippen LogP contribution in [0, 0.1) is 0 Å². The Morgan fingerprint density at radius 1 is 1.26 bits per heavy atom. The van der Waals surface area contributed by atoms with Crippen molar-refractivity contribution in [3.63, 3.8) is 0 Å². The van der Waals surface area contributed by atoms with Gasteiger partial charge in [0.15, 0.2) is 0 Å². The normalized spacial score (nSPS) is 17.2. The summed E-state index contributed by atoms with van der Waals surface area (Å²) in [5.74, 6) is 0. The van der Waals surface area contributed by atoms with E-state index in [1.807, 2.05) is 12.1 Å². The molecule has 1 fully saturated rings. The Balaban J connectivity index is 2.01. The molecule has 2 rings (SSSR count). The lowest BCUT2D eigenvalue weighted by Crippen LogP contribution is -2.25. The van der Waals surface area contributed by atoms with Crippen LogP contribution in [0.1, 0.15) is 39.5 Å². The number of benzene rings is 1. The van der Waals surface area contributed by atoms with Gasteiger partial charge < -0.3 is 5.32 Å². The predicted molar refractivity (Wildman–Crippen MR) is 77.8 cm³/mol. The maximum Gasteiger partial charge on any atom is 0.240 e. The predicted octanol–water partition coefficient (Wildman–Crippen LogP) is 2.73. The first kappa shape index (κ1) is 14.3. The Morgan fingerprint density at radius 2 is 1.89 bits per heavy atom. The molecule has 1 atom stereocenters. The summed E-state index contributed by atoms with van der Waals surface area (Å²) < 4.78 is 26.7. The molecule has 0 bridgehead atoms. The van der Waals surface area contributed by atoms with E-state index in [-0.39, 0.29) is 6.04 Å². The number of hydrogen-bond acceptors (Lipinski definition) is 3. The molecule has 1 aliphatic carbocycles. The Kier molecular flexibility index (Phi) is 4.47. The minimum Gasteiger partial charge on any atom is -0.383 e. The lowest BCUT2D eigenvalue weighted by Gasteiger charge is -2.14. The number of anilines is 1. The Hall–Kier alpha value is -1.07. The summed E-state index contributed by atoms with van der Waals surface area (Å²) in [4.78, 5) is 0.341. The van der Waals surface area contributed by atoms with Crippen LogP contribution in [0.2, 0.25) is 0 Å². The molecule has 1 unspecified atom stereocenters. The third-order valence-corrected chi connectivity index (χ3v) is 4.73. The summed E-state index contributed by atoms with van der Waals surface area (Å²) in [7, 11) is -3.33. The molecule has 1 aromatic rings. The number of hydrogen-bond donors (Lipinski definition) is 2. The summed E-state index contributed by atoms with van der Waals surface area (Å²) >= 11 is 0. The summed E-state index contributed by atoms with van der Waals surface area (Å²) in [6, 6.07) is 7.52. The van der Waals surface area contributed by atoms with Crippen molar-refractivity contribution in [2.45, 2.75) is 56.5 Å². The lowest BCUT2D eigenvalue weighted by atomic mass is 10.2. The van der Waals surface area contributed by atoms with Crippen LogP contribution in [-0.4, -0.2) is 20.5 Å². The van der Waals surface area contributed by atoms with Crippen molar-refractivity contribution < 1.29 is 8.42 Å². The fraction of sp³-hybridized carbons (Fsp3) is 0.571. The van der Waals surface area contributed by atoms with Crippen molar-refractivity contribution in [2.24, 2.45) is 0 Å². The van der Waals surface area contributed by atoms with Gasteiger partial charge in [-0.1, -0.05) is 13.3 Å². The van der Waals surface area contributed by atoms with Crippen molar-refractivity contribution in [1.82, 2.24) is 4.72 Å². The molecular weight excluding hydrogens is 260 g/mol. The van der Waals surface area contributed by atoms with Gasteiger partial charge >= 0.3 is 0 Å². The van der Waals surface area contributed by atoms with Crippen LogP contribution in [0.4, 0.5) is 5.69 Å². The molecule has 106 valence electrons. The highest BCUT2D eigenvalue weighted by Crippen LogP contribution is 2.23. The van der Waals surface area contributed by atoms with Gasteiger partial charge in [-0.05, 0) is 50.5 Å². The second-order valence-electron chi connectivity index (χ2n) is 5.25. The van der Waals surface area contributed by atoms with Gasteiger partial charge in [0.25, 0.3) is 0 Å². The van der Waals surface area contributed by atoms with E-state index < -0.39 is 10.0 Å². The molecule has 0 saturated heterocycles. The molecule has 5 heteroatoms. The molecule has 1 saturated carbocycles. The van der Waals surface area contributed by atoms with Crippen molar-refractivity contribution in [1.29, 1.82) is 0 Å². The van der Waals surface area contributed by atoms with E-state index >= 15 is 0 Å². The fourth-order valence-electron chi connectivity index (χ4n) is 2.01. The van der Waals surface area contributed by atoms with Crippen LogP contribution < -0.4 is 10.0 Å². The van der Waals surface area contributed by atoms with Crippen molar-refractivity contribution >= 4 is 15.7 Å². The quantitative estimate of drug-likeness (QED) is 0.808. The summed E-state index contributed by atoms with van der Waals surface area (Å²) in [6.07, 6.45) is 4.13. The van der Waals surface area contributed by atoms with Gasteiger partial charge in [0.1, 0.15) is 0 Å². The van der Waals surface area contributed by atoms with Crippen LogP contribution in [0.15, 0.2) is 29.2 Å². The largest absolute Gasteiger partial charge is 0.383 e. The van der Waals surface area contributed by atoms with Gasteiger partial charge in [-0.3, -0.25) is 0 Å². The molecular formula is C14H22N2O2S. The molecule has 1 aliphatic rings. The molecule has 1 aromatic carbocycles. The van der Waals surface area contributed by atoms with E-state index in [1.165, 1.54) is 0 Å². The smallest absolute Gasteiger partial charge is 0.240 e. The first-order valence-electron chi connectivity index (χ1n) is 6.90. The zero-order valence-corrected chi connectivity index (χ0v) is 12.3. The molecule has 0 spiro atoms. The van der Waals surface area contributed by atoms with Crippen molar-refractivity contribution in [2.75, 3.05) is 5.32 Å². The number of rotatable bonds is 7. The monoisotopic (exact) mass is 282 g/mol. The Labute approximate surface area is 115 Å². The minimum atomic E-state index is -3.33. The van der Waals surface area contributed by atoms with Gasteiger partial charge in [0.2, 0.25) is 10.0 Å². The van der Waals surface area contributed by atoms with E-state index in [2.05, 4.69) is 23.9 Å². The van der Waals surface area contributed by atoms with Gasteiger partial charge in [-0.2, -0.15) is 0 Å². The average Bonchev–Trinajstić information content (AvgIpc) is 3.13. The highest BCUT2D eigenvalue weighted by atomic mass is 32.2. The summed E-state index contributed by atoms with van der Waals surface area (Å²) in [5.41, 5.74) is 0.964. The lowest BCUT2D eigenvalue weighted by molar-refractivity contribution is 0.581. The SMILES string of the molecule is CCCC(C)Nc1ccc(S(=O)(=O)NC2CC2)cc1. The van der Waals surface area contributed by atoms with Gasteiger partial charge in [-0.25, -0.2) is 13.1 Å². The van der Waals surface area contributed by atoms with E-state index in [0.29, 0.717) is 10.9 Å². The highest BCUT2D eigenvalue weighted by Gasteiger charge is 2.27. The van der Waals surface area contributed by atoms with E-state index in [9.17, 15) is 8.42 Å². The van der Waals surface area contributed by atoms with Gasteiger partial charge in [-0.15, -0.1) is 0 Å². The molecule has 0 aliphatic heterocycles. The van der Waals surface area contributed by atoms with E-state index in [4.69, 9.17) is 0 Å². The first-order valence-corrected chi connectivity index (χ1v) is 8.38. The molecule has 0 radical (unpaired) electrons. The van der Waals surface area contributed by atoms with Crippen molar-refractivity contribution in [3.05, 3.63) is 24.3 Å². The zero-order valence-electron chi connectivity index (χ0n) is 11.5. The van der Waals surface area contributed by atoms with Gasteiger partial charge in [0, 0.05) is 17.8 Å². The fourth-order valence-corrected chi connectivity index (χ4v) is 3.31. The average molecular weight is 282 g/mol. The number of sulfonamides is 1. The molecule has 0 amide bonds. The second-order valence-corrected chi connectivity index (χ2v) is 6.97. The van der Waals surface area contributed by atoms with Crippen LogP contribution >= 0.6 is 0 Å². The molecule has 0 heterocycles.